The van der Waals surface area contributed by atoms with Crippen LogP contribution in [0, 0.1) is 17.3 Å². The van der Waals surface area contributed by atoms with Crippen LogP contribution in [0.4, 0.5) is 0 Å². The highest BCUT2D eigenvalue weighted by molar-refractivity contribution is 6.10. The Balaban J connectivity index is 2.06. The van der Waals surface area contributed by atoms with E-state index in [2.05, 4.69) is 5.32 Å². The van der Waals surface area contributed by atoms with Crippen molar-refractivity contribution in [3.05, 3.63) is 0 Å². The van der Waals surface area contributed by atoms with Crippen LogP contribution in [0.1, 0.15) is 27.7 Å². The van der Waals surface area contributed by atoms with Crippen molar-refractivity contribution in [2.45, 2.75) is 39.8 Å². The molecule has 0 bridgehead atoms. The SMILES string of the molecule is CC(C)NC(CN1C(=O)C2C(C1=O)C2(C)C)C(N)=O. The molecular formula is C13H21N3O3. The minimum absolute atomic E-state index is 0.0360. The molecule has 2 fully saturated rings. The van der Waals surface area contributed by atoms with E-state index >= 15 is 0 Å². The Morgan fingerprint density at radius 1 is 1.32 bits per heavy atom. The predicted molar refractivity (Wildman–Crippen MR) is 68.7 cm³/mol. The van der Waals surface area contributed by atoms with Gasteiger partial charge in [-0.25, -0.2) is 0 Å². The van der Waals surface area contributed by atoms with Gasteiger partial charge in [0.25, 0.3) is 0 Å². The standard InChI is InChI=1S/C13H21N3O3/c1-6(2)15-7(10(14)17)5-16-11(18)8-9(12(16)19)13(8,3)4/h6-9,15H,5H2,1-4H3,(H2,14,17). The summed E-state index contributed by atoms with van der Waals surface area (Å²) in [6, 6.07) is -0.634. The van der Waals surface area contributed by atoms with E-state index < -0.39 is 11.9 Å². The highest BCUT2D eigenvalue weighted by Crippen LogP contribution is 2.63. The first kappa shape index (κ1) is 14.0. The lowest BCUT2D eigenvalue weighted by Gasteiger charge is -2.26. The highest BCUT2D eigenvalue weighted by atomic mass is 16.2. The fourth-order valence-electron chi connectivity index (χ4n) is 2.99. The van der Waals surface area contributed by atoms with Crippen LogP contribution in [-0.2, 0) is 14.4 Å². The van der Waals surface area contributed by atoms with E-state index in [1.807, 2.05) is 27.7 Å². The number of nitrogens with zero attached hydrogens (tertiary/aromatic N) is 1. The van der Waals surface area contributed by atoms with Gasteiger partial charge in [-0.15, -0.1) is 0 Å². The third kappa shape index (κ3) is 2.14. The number of rotatable bonds is 5. The quantitative estimate of drug-likeness (QED) is 0.655. The molecule has 1 saturated heterocycles. The van der Waals surface area contributed by atoms with Crippen LogP contribution in [0.25, 0.3) is 0 Å². The normalized spacial score (nSPS) is 29.6. The second-order valence-electron chi connectivity index (χ2n) is 6.34. The van der Waals surface area contributed by atoms with Crippen molar-refractivity contribution in [3.63, 3.8) is 0 Å². The lowest BCUT2D eigenvalue weighted by atomic mass is 10.1. The third-order valence-electron chi connectivity index (χ3n) is 4.13. The van der Waals surface area contributed by atoms with Crippen molar-refractivity contribution in [2.24, 2.45) is 23.0 Å². The lowest BCUT2D eigenvalue weighted by Crippen LogP contribution is -2.53. The van der Waals surface area contributed by atoms with Crippen molar-refractivity contribution >= 4 is 17.7 Å². The Kier molecular flexibility index (Phi) is 3.16. The van der Waals surface area contributed by atoms with E-state index in [1.165, 1.54) is 4.90 Å². The number of fused-ring (bicyclic) bond motifs is 1. The van der Waals surface area contributed by atoms with Crippen LogP contribution in [0.15, 0.2) is 0 Å². The number of nitrogens with two attached hydrogens (primary N) is 1. The molecule has 3 unspecified atom stereocenters. The molecule has 6 heteroatoms. The molecule has 2 aliphatic rings. The maximum Gasteiger partial charge on any atom is 0.236 e. The van der Waals surface area contributed by atoms with Crippen LogP contribution in [0.5, 0.6) is 0 Å². The number of carbonyl (C=O) groups is 3. The number of likely N-dealkylation sites (tertiary alicyclic amines) is 1. The molecule has 1 heterocycles. The molecule has 106 valence electrons. The molecule has 0 spiro atoms. The molecule has 6 nitrogen and oxygen atoms in total. The van der Waals surface area contributed by atoms with Gasteiger partial charge in [0.1, 0.15) is 6.04 Å². The average molecular weight is 267 g/mol. The fourth-order valence-corrected chi connectivity index (χ4v) is 2.99. The molecule has 19 heavy (non-hydrogen) atoms. The Labute approximate surface area is 112 Å². The summed E-state index contributed by atoms with van der Waals surface area (Å²) in [5, 5.41) is 2.98. The Bertz CT molecular complexity index is 420. The fraction of sp³-hybridized carbons (Fsp3) is 0.769. The number of hydrogen-bond donors (Lipinski definition) is 2. The van der Waals surface area contributed by atoms with Crippen molar-refractivity contribution < 1.29 is 14.4 Å². The number of nitrogens with one attached hydrogen (secondary N) is 1. The molecule has 3 atom stereocenters. The zero-order valence-electron chi connectivity index (χ0n) is 11.8. The Hall–Kier alpha value is -1.43. The van der Waals surface area contributed by atoms with Crippen molar-refractivity contribution in [1.82, 2.24) is 10.2 Å². The van der Waals surface area contributed by atoms with Gasteiger partial charge in [0, 0.05) is 6.04 Å². The zero-order chi connectivity index (χ0) is 14.5. The molecule has 0 aromatic carbocycles. The molecule has 1 saturated carbocycles. The molecule has 1 aliphatic carbocycles. The summed E-state index contributed by atoms with van der Waals surface area (Å²) in [5.41, 5.74) is 5.08. The van der Waals surface area contributed by atoms with Gasteiger partial charge in [-0.2, -0.15) is 0 Å². The molecule has 0 aromatic rings. The summed E-state index contributed by atoms with van der Waals surface area (Å²) in [6.45, 7) is 7.64. The highest BCUT2D eigenvalue weighted by Gasteiger charge is 2.72. The minimum Gasteiger partial charge on any atom is -0.368 e. The van der Waals surface area contributed by atoms with E-state index in [9.17, 15) is 14.4 Å². The third-order valence-corrected chi connectivity index (χ3v) is 4.13. The number of carbonyl (C=O) groups excluding carboxylic acids is 3. The van der Waals surface area contributed by atoms with Gasteiger partial charge in [-0.1, -0.05) is 27.7 Å². The first-order valence-corrected chi connectivity index (χ1v) is 6.58. The van der Waals surface area contributed by atoms with Crippen molar-refractivity contribution in [1.29, 1.82) is 0 Å². The number of piperidine rings is 1. The lowest BCUT2D eigenvalue weighted by molar-refractivity contribution is -0.143. The van der Waals surface area contributed by atoms with E-state index in [4.69, 9.17) is 5.73 Å². The minimum atomic E-state index is -0.687. The van der Waals surface area contributed by atoms with Crippen LogP contribution in [-0.4, -0.2) is 41.2 Å². The van der Waals surface area contributed by atoms with Gasteiger partial charge in [-0.3, -0.25) is 19.3 Å². The molecule has 2 rings (SSSR count). The van der Waals surface area contributed by atoms with Crippen molar-refractivity contribution in [3.8, 4) is 0 Å². The second-order valence-corrected chi connectivity index (χ2v) is 6.34. The van der Waals surface area contributed by atoms with Crippen LogP contribution in [0.3, 0.4) is 0 Å². The van der Waals surface area contributed by atoms with Gasteiger partial charge < -0.3 is 11.1 Å². The topological polar surface area (TPSA) is 92.5 Å². The first-order valence-electron chi connectivity index (χ1n) is 6.58. The Morgan fingerprint density at radius 2 is 1.79 bits per heavy atom. The van der Waals surface area contributed by atoms with E-state index in [1.54, 1.807) is 0 Å². The number of amides is 3. The van der Waals surface area contributed by atoms with Gasteiger partial charge in [0.05, 0.1) is 18.4 Å². The van der Waals surface area contributed by atoms with Gasteiger partial charge in [-0.05, 0) is 5.41 Å². The zero-order valence-corrected chi connectivity index (χ0v) is 11.8. The van der Waals surface area contributed by atoms with Gasteiger partial charge in [0.15, 0.2) is 0 Å². The summed E-state index contributed by atoms with van der Waals surface area (Å²) in [7, 11) is 0. The van der Waals surface area contributed by atoms with Gasteiger partial charge >= 0.3 is 0 Å². The largest absolute Gasteiger partial charge is 0.368 e. The number of hydrogen-bond acceptors (Lipinski definition) is 4. The summed E-state index contributed by atoms with van der Waals surface area (Å²) >= 11 is 0. The first-order chi connectivity index (χ1) is 8.67. The van der Waals surface area contributed by atoms with Gasteiger partial charge in [0.2, 0.25) is 17.7 Å². The maximum absolute atomic E-state index is 12.1. The second kappa shape index (κ2) is 4.30. The molecule has 3 amide bonds. The molecule has 0 aromatic heterocycles. The molecule has 3 N–H and O–H groups in total. The molecule has 0 radical (unpaired) electrons. The van der Waals surface area contributed by atoms with Crippen molar-refractivity contribution in [2.75, 3.05) is 6.54 Å². The summed E-state index contributed by atoms with van der Waals surface area (Å²) < 4.78 is 0. The Morgan fingerprint density at radius 3 is 2.16 bits per heavy atom. The predicted octanol–water partition coefficient (Wildman–Crippen LogP) is -0.521. The maximum atomic E-state index is 12.1. The molecule has 1 aliphatic heterocycles. The number of primary amides is 1. The van der Waals surface area contributed by atoms with Crippen LogP contribution >= 0.6 is 0 Å². The molecular weight excluding hydrogens is 246 g/mol. The van der Waals surface area contributed by atoms with E-state index in [-0.39, 0.29) is 41.7 Å². The smallest absolute Gasteiger partial charge is 0.236 e. The summed E-state index contributed by atoms with van der Waals surface area (Å²) in [6.07, 6.45) is 0. The van der Waals surface area contributed by atoms with Crippen LogP contribution < -0.4 is 11.1 Å². The summed E-state index contributed by atoms with van der Waals surface area (Å²) in [5.74, 6) is -1.32. The summed E-state index contributed by atoms with van der Waals surface area (Å²) in [4.78, 5) is 36.8. The number of imide groups is 1. The average Bonchev–Trinajstić information content (AvgIpc) is 2.73. The monoisotopic (exact) mass is 267 g/mol. The van der Waals surface area contributed by atoms with Crippen LogP contribution in [0.2, 0.25) is 0 Å². The van der Waals surface area contributed by atoms with E-state index in [0.29, 0.717) is 0 Å². The van der Waals surface area contributed by atoms with E-state index in [0.717, 1.165) is 0 Å².